The second-order valence-electron chi connectivity index (χ2n) is 2.85. The highest BCUT2D eigenvalue weighted by Crippen LogP contribution is 1.90. The van der Waals surface area contributed by atoms with Crippen LogP contribution in [0.2, 0.25) is 0 Å². The van der Waals surface area contributed by atoms with Crippen molar-refractivity contribution in [2.45, 2.75) is 20.4 Å². The smallest absolute Gasteiger partial charge is 0.215 e. The van der Waals surface area contributed by atoms with Crippen molar-refractivity contribution in [1.82, 2.24) is 19.7 Å². The van der Waals surface area contributed by atoms with Gasteiger partial charge in [-0.1, -0.05) is 13.8 Å². The van der Waals surface area contributed by atoms with Crippen molar-refractivity contribution >= 4 is 12.2 Å². The van der Waals surface area contributed by atoms with Gasteiger partial charge in [0.2, 0.25) is 4.77 Å². The van der Waals surface area contributed by atoms with Crippen LogP contribution in [-0.2, 0) is 6.54 Å². The number of aromatic amines is 1. The van der Waals surface area contributed by atoms with Gasteiger partial charge in [0.25, 0.3) is 0 Å². The Morgan fingerprint density at radius 3 is 2.69 bits per heavy atom. The summed E-state index contributed by atoms with van der Waals surface area (Å²) in [4.78, 5) is 6.30. The third-order valence-electron chi connectivity index (χ3n) is 2.15. The van der Waals surface area contributed by atoms with E-state index in [-0.39, 0.29) is 0 Å². The zero-order chi connectivity index (χ0) is 9.68. The highest BCUT2D eigenvalue weighted by atomic mass is 32.1. The summed E-state index contributed by atoms with van der Waals surface area (Å²) in [5, 5.41) is 2.98. The number of aromatic nitrogens is 3. The van der Waals surface area contributed by atoms with E-state index >= 15 is 0 Å². The van der Waals surface area contributed by atoms with E-state index in [1.54, 1.807) is 6.33 Å². The topological polar surface area (TPSA) is 36.9 Å². The fourth-order valence-electron chi connectivity index (χ4n) is 1.22. The maximum Gasteiger partial charge on any atom is 0.215 e. The molecule has 0 saturated heterocycles. The van der Waals surface area contributed by atoms with Crippen molar-refractivity contribution in [2.24, 2.45) is 0 Å². The quantitative estimate of drug-likeness (QED) is 0.728. The molecule has 74 valence electrons. The molecule has 5 heteroatoms. The van der Waals surface area contributed by atoms with Gasteiger partial charge in [-0.3, -0.25) is 9.78 Å². The number of hydrogen-bond acceptors (Lipinski definition) is 3. The van der Waals surface area contributed by atoms with Crippen molar-refractivity contribution in [3.63, 3.8) is 0 Å². The second-order valence-corrected chi connectivity index (χ2v) is 3.21. The molecule has 0 fully saturated rings. The number of nitrogens with one attached hydrogen (secondary N) is 1. The van der Waals surface area contributed by atoms with Crippen molar-refractivity contribution < 1.29 is 0 Å². The minimum atomic E-state index is 0.632. The molecule has 4 nitrogen and oxygen atoms in total. The molecule has 0 aromatic carbocycles. The van der Waals surface area contributed by atoms with E-state index in [4.69, 9.17) is 12.2 Å². The van der Waals surface area contributed by atoms with Crippen LogP contribution in [0.15, 0.2) is 6.33 Å². The molecule has 1 aromatic heterocycles. The van der Waals surface area contributed by atoms with Gasteiger partial charge in [0.1, 0.15) is 6.33 Å². The molecule has 13 heavy (non-hydrogen) atoms. The van der Waals surface area contributed by atoms with Crippen LogP contribution < -0.4 is 0 Å². The number of H-pyrrole nitrogens is 1. The van der Waals surface area contributed by atoms with Crippen molar-refractivity contribution in [3.8, 4) is 0 Å². The van der Waals surface area contributed by atoms with E-state index in [0.717, 1.165) is 26.2 Å². The molecule has 0 radical (unpaired) electrons. The molecule has 1 aromatic rings. The van der Waals surface area contributed by atoms with E-state index in [0.29, 0.717) is 4.77 Å². The van der Waals surface area contributed by atoms with Crippen molar-refractivity contribution in [3.05, 3.63) is 11.1 Å². The molecule has 0 bridgehead atoms. The minimum Gasteiger partial charge on any atom is -0.302 e. The summed E-state index contributed by atoms with van der Waals surface area (Å²) < 4.78 is 2.51. The first-order valence-corrected chi connectivity index (χ1v) is 5.01. The predicted octanol–water partition coefficient (Wildman–Crippen LogP) is 1.28. The lowest BCUT2D eigenvalue weighted by Crippen LogP contribution is -2.27. The Hall–Kier alpha value is -0.680. The Balaban J connectivity index is 2.43. The molecule has 0 unspecified atom stereocenters. The predicted molar refractivity (Wildman–Crippen MR) is 55.2 cm³/mol. The van der Waals surface area contributed by atoms with Gasteiger partial charge in [0.05, 0.1) is 6.54 Å². The Labute approximate surface area is 83.6 Å². The fourth-order valence-corrected chi connectivity index (χ4v) is 1.42. The van der Waals surface area contributed by atoms with Gasteiger partial charge in [0, 0.05) is 6.54 Å². The van der Waals surface area contributed by atoms with Crippen molar-refractivity contribution in [1.29, 1.82) is 0 Å². The molecule has 1 rings (SSSR count). The average Bonchev–Trinajstić information content (AvgIpc) is 2.54. The SMILES string of the molecule is CCN(CC)CCn1[nH]cnc1=S. The third kappa shape index (κ3) is 2.93. The molecule has 0 atom stereocenters. The average molecular weight is 200 g/mol. The molecule has 0 amide bonds. The van der Waals surface area contributed by atoms with Gasteiger partial charge in [-0.05, 0) is 25.3 Å². The van der Waals surface area contributed by atoms with Crippen LogP contribution in [0.25, 0.3) is 0 Å². The standard InChI is InChI=1S/C8H16N4S/c1-3-11(4-2)5-6-12-8(13)9-7-10-12/h7H,3-6H2,1-2H3,(H,9,10,13). The highest BCUT2D eigenvalue weighted by molar-refractivity contribution is 7.71. The maximum absolute atomic E-state index is 5.01. The lowest BCUT2D eigenvalue weighted by molar-refractivity contribution is 0.284. The summed E-state index contributed by atoms with van der Waals surface area (Å²) in [5.41, 5.74) is 0. The van der Waals surface area contributed by atoms with Gasteiger partial charge in [-0.25, -0.2) is 4.98 Å². The van der Waals surface area contributed by atoms with Gasteiger partial charge >= 0.3 is 0 Å². The molecule has 0 aliphatic heterocycles. The number of hydrogen-bond donors (Lipinski definition) is 1. The van der Waals surface area contributed by atoms with Crippen LogP contribution >= 0.6 is 12.2 Å². The summed E-state index contributed by atoms with van der Waals surface area (Å²) in [5.74, 6) is 0. The van der Waals surface area contributed by atoms with Crippen LogP contribution in [0.4, 0.5) is 0 Å². The summed E-state index contributed by atoms with van der Waals surface area (Å²) in [6, 6.07) is 0. The van der Waals surface area contributed by atoms with Crippen LogP contribution in [-0.4, -0.2) is 39.3 Å². The number of nitrogens with zero attached hydrogens (tertiary/aromatic N) is 3. The molecule has 0 aliphatic rings. The van der Waals surface area contributed by atoms with E-state index in [9.17, 15) is 0 Å². The molecular weight excluding hydrogens is 184 g/mol. The lowest BCUT2D eigenvalue weighted by atomic mass is 10.5. The summed E-state index contributed by atoms with van der Waals surface area (Å²) in [6.45, 7) is 8.39. The highest BCUT2D eigenvalue weighted by Gasteiger charge is 1.99. The number of likely N-dealkylation sites (N-methyl/N-ethyl adjacent to an activating group) is 1. The fraction of sp³-hybridized carbons (Fsp3) is 0.750. The monoisotopic (exact) mass is 200 g/mol. The summed E-state index contributed by atoms with van der Waals surface area (Å²) >= 11 is 5.01. The van der Waals surface area contributed by atoms with Crippen LogP contribution in [0.3, 0.4) is 0 Å². The largest absolute Gasteiger partial charge is 0.302 e. The Morgan fingerprint density at radius 1 is 1.54 bits per heavy atom. The molecule has 0 saturated carbocycles. The second kappa shape index (κ2) is 5.14. The molecule has 0 aliphatic carbocycles. The van der Waals surface area contributed by atoms with Crippen LogP contribution in [0.1, 0.15) is 13.8 Å². The normalized spacial score (nSPS) is 11.0. The Morgan fingerprint density at radius 2 is 2.23 bits per heavy atom. The lowest BCUT2D eigenvalue weighted by Gasteiger charge is -2.17. The third-order valence-corrected chi connectivity index (χ3v) is 2.48. The minimum absolute atomic E-state index is 0.632. The van der Waals surface area contributed by atoms with Crippen LogP contribution in [0.5, 0.6) is 0 Å². The maximum atomic E-state index is 5.01. The van der Waals surface area contributed by atoms with Gasteiger partial charge < -0.3 is 4.90 Å². The first kappa shape index (κ1) is 10.4. The summed E-state index contributed by atoms with van der Waals surface area (Å²) in [6.07, 6.45) is 1.63. The zero-order valence-corrected chi connectivity index (χ0v) is 8.97. The van der Waals surface area contributed by atoms with Gasteiger partial charge in [-0.15, -0.1) is 0 Å². The van der Waals surface area contributed by atoms with E-state index in [1.165, 1.54) is 0 Å². The zero-order valence-electron chi connectivity index (χ0n) is 8.16. The molecule has 0 spiro atoms. The molecular formula is C8H16N4S. The van der Waals surface area contributed by atoms with Gasteiger partial charge in [0.15, 0.2) is 0 Å². The van der Waals surface area contributed by atoms with Crippen LogP contribution in [0, 0.1) is 4.77 Å². The summed E-state index contributed by atoms with van der Waals surface area (Å²) in [7, 11) is 0. The molecule has 1 N–H and O–H groups in total. The Kier molecular flexibility index (Phi) is 4.11. The van der Waals surface area contributed by atoms with Gasteiger partial charge in [-0.2, -0.15) is 0 Å². The Bertz CT molecular complexity index is 286. The first-order valence-electron chi connectivity index (χ1n) is 4.60. The van der Waals surface area contributed by atoms with E-state index < -0.39 is 0 Å². The van der Waals surface area contributed by atoms with E-state index in [1.807, 2.05) is 4.68 Å². The first-order chi connectivity index (χ1) is 6.27. The molecule has 1 heterocycles. The van der Waals surface area contributed by atoms with E-state index in [2.05, 4.69) is 28.8 Å². The number of rotatable bonds is 5. The van der Waals surface area contributed by atoms with Crippen molar-refractivity contribution in [2.75, 3.05) is 19.6 Å².